The van der Waals surface area contributed by atoms with Crippen molar-refractivity contribution < 1.29 is 4.79 Å². The molecule has 2 aromatic rings. The maximum atomic E-state index is 11.6. The van der Waals surface area contributed by atoms with Gasteiger partial charge in [0, 0.05) is 4.47 Å². The molecule has 0 atom stereocenters. The van der Waals surface area contributed by atoms with Crippen molar-refractivity contribution in [1.29, 1.82) is 0 Å². The minimum Gasteiger partial charge on any atom is -0.272 e. The molecule has 21 heavy (non-hydrogen) atoms. The SMILES string of the molecule is O=C(CSc1ncc(Cl)cn1)N/N=C/c1ccc(Br)cc1. The maximum Gasteiger partial charge on any atom is 0.250 e. The fraction of sp³-hybridized carbons (Fsp3) is 0.0769. The quantitative estimate of drug-likeness (QED) is 0.372. The zero-order valence-corrected chi connectivity index (χ0v) is 13.8. The summed E-state index contributed by atoms with van der Waals surface area (Å²) in [5.74, 6) is -0.0498. The monoisotopic (exact) mass is 384 g/mol. The van der Waals surface area contributed by atoms with Gasteiger partial charge < -0.3 is 0 Å². The smallest absolute Gasteiger partial charge is 0.250 e. The highest BCUT2D eigenvalue weighted by molar-refractivity contribution is 9.10. The Bertz CT molecular complexity index is 634. The summed E-state index contributed by atoms with van der Waals surface area (Å²) in [4.78, 5) is 19.6. The van der Waals surface area contributed by atoms with Crippen molar-refractivity contribution in [2.24, 2.45) is 5.10 Å². The number of nitrogens with one attached hydrogen (secondary N) is 1. The number of thioether (sulfide) groups is 1. The van der Waals surface area contributed by atoms with Gasteiger partial charge in [-0.3, -0.25) is 4.79 Å². The van der Waals surface area contributed by atoms with Crippen molar-refractivity contribution in [3.05, 3.63) is 51.7 Å². The molecule has 0 aliphatic rings. The number of nitrogens with zero attached hydrogens (tertiary/aromatic N) is 3. The fourth-order valence-corrected chi connectivity index (χ4v) is 2.21. The third kappa shape index (κ3) is 5.82. The minimum absolute atomic E-state index is 0.180. The molecule has 0 unspecified atom stereocenters. The van der Waals surface area contributed by atoms with Crippen molar-refractivity contribution >= 4 is 51.4 Å². The highest BCUT2D eigenvalue weighted by Gasteiger charge is 2.03. The summed E-state index contributed by atoms with van der Waals surface area (Å²) in [5.41, 5.74) is 3.34. The lowest BCUT2D eigenvalue weighted by Gasteiger charge is -1.99. The Morgan fingerprint density at radius 2 is 2.00 bits per heavy atom. The first-order valence-corrected chi connectivity index (χ1v) is 7.97. The molecule has 2 rings (SSSR count). The Labute approximate surface area is 139 Å². The van der Waals surface area contributed by atoms with Crippen LogP contribution in [0.5, 0.6) is 0 Å². The summed E-state index contributed by atoms with van der Waals surface area (Å²) in [6, 6.07) is 7.57. The predicted molar refractivity (Wildman–Crippen MR) is 87.6 cm³/mol. The van der Waals surface area contributed by atoms with Gasteiger partial charge in [0.05, 0.1) is 29.4 Å². The van der Waals surface area contributed by atoms with Crippen LogP contribution in [-0.2, 0) is 4.79 Å². The third-order valence-corrected chi connectivity index (χ3v) is 3.80. The molecule has 5 nitrogen and oxygen atoms in total. The van der Waals surface area contributed by atoms with Crippen LogP contribution in [0.1, 0.15) is 5.56 Å². The molecule has 0 saturated carbocycles. The Morgan fingerprint density at radius 3 is 2.67 bits per heavy atom. The number of aromatic nitrogens is 2. The molecular weight excluding hydrogens is 376 g/mol. The molecule has 1 N–H and O–H groups in total. The van der Waals surface area contributed by atoms with E-state index in [9.17, 15) is 4.79 Å². The van der Waals surface area contributed by atoms with E-state index >= 15 is 0 Å². The number of hydrogen-bond acceptors (Lipinski definition) is 5. The van der Waals surface area contributed by atoms with Gasteiger partial charge in [0.15, 0.2) is 5.16 Å². The van der Waals surface area contributed by atoms with E-state index in [1.807, 2.05) is 24.3 Å². The number of amides is 1. The summed E-state index contributed by atoms with van der Waals surface area (Å²) >= 11 is 10.2. The van der Waals surface area contributed by atoms with Crippen molar-refractivity contribution in [3.63, 3.8) is 0 Å². The second-order valence-corrected chi connectivity index (χ2v) is 6.11. The number of benzene rings is 1. The second-order valence-electron chi connectivity index (χ2n) is 3.82. The van der Waals surface area contributed by atoms with Crippen molar-refractivity contribution in [1.82, 2.24) is 15.4 Å². The van der Waals surface area contributed by atoms with E-state index in [1.54, 1.807) is 6.21 Å². The average molecular weight is 386 g/mol. The number of halogens is 2. The largest absolute Gasteiger partial charge is 0.272 e. The van der Waals surface area contributed by atoms with Crippen LogP contribution in [0.25, 0.3) is 0 Å². The van der Waals surface area contributed by atoms with E-state index < -0.39 is 0 Å². The maximum absolute atomic E-state index is 11.6. The Morgan fingerprint density at radius 1 is 1.33 bits per heavy atom. The number of rotatable bonds is 5. The zero-order chi connectivity index (χ0) is 15.1. The summed E-state index contributed by atoms with van der Waals surface area (Å²) in [6.07, 6.45) is 4.55. The van der Waals surface area contributed by atoms with Gasteiger partial charge in [-0.2, -0.15) is 5.10 Å². The molecule has 1 aromatic heterocycles. The average Bonchev–Trinajstić information content (AvgIpc) is 2.49. The van der Waals surface area contributed by atoms with Gasteiger partial charge in [0.1, 0.15) is 0 Å². The molecule has 0 spiro atoms. The second kappa shape index (κ2) is 8.11. The van der Waals surface area contributed by atoms with Gasteiger partial charge in [-0.1, -0.05) is 51.4 Å². The number of hydrazone groups is 1. The molecule has 8 heteroatoms. The summed E-state index contributed by atoms with van der Waals surface area (Å²) in [6.45, 7) is 0. The van der Waals surface area contributed by atoms with Crippen molar-refractivity contribution in [2.75, 3.05) is 5.75 Å². The van der Waals surface area contributed by atoms with E-state index in [1.165, 1.54) is 24.2 Å². The van der Waals surface area contributed by atoms with Crippen LogP contribution >= 0.6 is 39.3 Å². The van der Waals surface area contributed by atoms with E-state index in [0.29, 0.717) is 10.2 Å². The van der Waals surface area contributed by atoms with Gasteiger partial charge in [0.25, 0.3) is 5.91 Å². The van der Waals surface area contributed by atoms with Gasteiger partial charge in [-0.25, -0.2) is 15.4 Å². The van der Waals surface area contributed by atoms with Crippen LogP contribution in [0, 0.1) is 0 Å². The van der Waals surface area contributed by atoms with Crippen LogP contribution in [0.15, 0.2) is 51.4 Å². The molecule has 0 aliphatic carbocycles. The highest BCUT2D eigenvalue weighted by atomic mass is 79.9. The van der Waals surface area contributed by atoms with E-state index in [2.05, 4.69) is 36.4 Å². The normalized spacial score (nSPS) is 10.8. The molecule has 0 aliphatic heterocycles. The first-order chi connectivity index (χ1) is 10.1. The lowest BCUT2D eigenvalue weighted by molar-refractivity contribution is -0.118. The molecular formula is C13H10BrClN4OS. The van der Waals surface area contributed by atoms with Gasteiger partial charge in [-0.05, 0) is 17.7 Å². The molecule has 0 bridgehead atoms. The van der Waals surface area contributed by atoms with Gasteiger partial charge in [0.2, 0.25) is 0 Å². The number of carbonyl (C=O) groups is 1. The topological polar surface area (TPSA) is 67.2 Å². The molecule has 0 saturated heterocycles. The van der Waals surface area contributed by atoms with Crippen LogP contribution in [0.4, 0.5) is 0 Å². The van der Waals surface area contributed by atoms with Gasteiger partial charge in [-0.15, -0.1) is 0 Å². The molecule has 1 amide bonds. The minimum atomic E-state index is -0.230. The molecule has 1 heterocycles. The lowest BCUT2D eigenvalue weighted by Crippen LogP contribution is -2.19. The summed E-state index contributed by atoms with van der Waals surface area (Å²) in [7, 11) is 0. The lowest BCUT2D eigenvalue weighted by atomic mass is 10.2. The number of carbonyl (C=O) groups excluding carboxylic acids is 1. The van der Waals surface area contributed by atoms with Crippen molar-refractivity contribution in [2.45, 2.75) is 5.16 Å². The third-order valence-electron chi connectivity index (χ3n) is 2.20. The summed E-state index contributed by atoms with van der Waals surface area (Å²) in [5, 5.41) is 4.84. The Hall–Kier alpha value is -1.44. The van der Waals surface area contributed by atoms with E-state index in [-0.39, 0.29) is 11.7 Å². The standard InChI is InChI=1S/C13H10BrClN4OS/c14-10-3-1-9(2-4-10)5-18-19-12(20)8-21-13-16-6-11(15)7-17-13/h1-7H,8H2,(H,19,20)/b18-5+. The highest BCUT2D eigenvalue weighted by Crippen LogP contribution is 2.13. The van der Waals surface area contributed by atoms with Crippen LogP contribution in [-0.4, -0.2) is 27.8 Å². The molecule has 0 radical (unpaired) electrons. The predicted octanol–water partition coefficient (Wildman–Crippen LogP) is 3.13. The van der Waals surface area contributed by atoms with Crippen LogP contribution < -0.4 is 5.43 Å². The summed E-state index contributed by atoms with van der Waals surface area (Å²) < 4.78 is 0.989. The number of hydrogen-bond donors (Lipinski definition) is 1. The first-order valence-electron chi connectivity index (χ1n) is 5.81. The van der Waals surface area contributed by atoms with Crippen molar-refractivity contribution in [3.8, 4) is 0 Å². The fourth-order valence-electron chi connectivity index (χ4n) is 1.26. The van der Waals surface area contributed by atoms with Gasteiger partial charge >= 0.3 is 0 Å². The molecule has 1 aromatic carbocycles. The molecule has 0 fully saturated rings. The zero-order valence-electron chi connectivity index (χ0n) is 10.7. The Balaban J connectivity index is 1.77. The Kier molecular flexibility index (Phi) is 6.16. The first kappa shape index (κ1) is 15.9. The van der Waals surface area contributed by atoms with Crippen LogP contribution in [0.2, 0.25) is 5.02 Å². The van der Waals surface area contributed by atoms with E-state index in [4.69, 9.17) is 11.6 Å². The van der Waals surface area contributed by atoms with Crippen LogP contribution in [0.3, 0.4) is 0 Å². The van der Waals surface area contributed by atoms with E-state index in [0.717, 1.165) is 10.0 Å². The molecule has 108 valence electrons.